The smallest absolute Gasteiger partial charge is 0.262 e. The van der Waals surface area contributed by atoms with Crippen molar-refractivity contribution >= 4 is 23.2 Å². The summed E-state index contributed by atoms with van der Waals surface area (Å²) in [5.74, 6) is 1.13. The van der Waals surface area contributed by atoms with Gasteiger partial charge in [-0.1, -0.05) is 44.2 Å². The SMILES string of the molecule is COc1cc(NC(=O)c2ccccc2)c(OC)cc1NC(=O)COc1ccc(C(C)C)cc1. The molecule has 0 bridgehead atoms. The van der Waals surface area contributed by atoms with Crippen LogP contribution in [-0.4, -0.2) is 32.6 Å². The van der Waals surface area contributed by atoms with E-state index in [1.165, 1.54) is 19.8 Å². The fourth-order valence-electron chi connectivity index (χ4n) is 3.16. The van der Waals surface area contributed by atoms with Crippen LogP contribution >= 0.6 is 0 Å². The van der Waals surface area contributed by atoms with Gasteiger partial charge in [-0.15, -0.1) is 0 Å². The maximum Gasteiger partial charge on any atom is 0.262 e. The van der Waals surface area contributed by atoms with Crippen molar-refractivity contribution in [1.29, 1.82) is 0 Å². The van der Waals surface area contributed by atoms with E-state index in [4.69, 9.17) is 14.2 Å². The number of carbonyl (C=O) groups excluding carboxylic acids is 2. The molecule has 0 saturated heterocycles. The van der Waals surface area contributed by atoms with Crippen molar-refractivity contribution in [2.24, 2.45) is 0 Å². The molecule has 0 radical (unpaired) electrons. The zero-order chi connectivity index (χ0) is 23.8. The summed E-state index contributed by atoms with van der Waals surface area (Å²) in [4.78, 5) is 25.0. The third-order valence-electron chi connectivity index (χ3n) is 5.00. The summed E-state index contributed by atoms with van der Waals surface area (Å²) >= 11 is 0. The average molecular weight is 449 g/mol. The molecular weight excluding hydrogens is 420 g/mol. The molecule has 3 aromatic carbocycles. The summed E-state index contributed by atoms with van der Waals surface area (Å²) in [5, 5.41) is 5.58. The van der Waals surface area contributed by atoms with Gasteiger partial charge in [0.2, 0.25) is 0 Å². The molecular formula is C26H28N2O5. The highest BCUT2D eigenvalue weighted by Gasteiger charge is 2.16. The maximum atomic E-state index is 12.5. The van der Waals surface area contributed by atoms with Gasteiger partial charge in [-0.2, -0.15) is 0 Å². The Morgan fingerprint density at radius 1 is 0.818 bits per heavy atom. The molecule has 0 aliphatic rings. The lowest BCUT2D eigenvalue weighted by Crippen LogP contribution is -2.21. The Labute approximate surface area is 193 Å². The largest absolute Gasteiger partial charge is 0.494 e. The van der Waals surface area contributed by atoms with E-state index in [0.717, 1.165) is 0 Å². The second-order valence-corrected chi connectivity index (χ2v) is 7.63. The highest BCUT2D eigenvalue weighted by molar-refractivity contribution is 6.05. The standard InChI is InChI=1S/C26H28N2O5/c1-17(2)18-10-12-20(13-11-18)33-16-25(29)27-21-14-24(32-4)22(15-23(21)31-3)28-26(30)19-8-6-5-7-9-19/h5-15,17H,16H2,1-4H3,(H,27,29)(H,28,30). The van der Waals surface area contributed by atoms with E-state index in [1.807, 2.05) is 30.3 Å². The van der Waals surface area contributed by atoms with Gasteiger partial charge in [-0.05, 0) is 35.7 Å². The van der Waals surface area contributed by atoms with E-state index >= 15 is 0 Å². The molecule has 0 unspecified atom stereocenters. The maximum absolute atomic E-state index is 12.5. The monoisotopic (exact) mass is 448 g/mol. The molecule has 172 valence electrons. The van der Waals surface area contributed by atoms with E-state index in [0.29, 0.717) is 40.1 Å². The van der Waals surface area contributed by atoms with Crippen molar-refractivity contribution in [3.63, 3.8) is 0 Å². The number of amides is 2. The average Bonchev–Trinajstić information content (AvgIpc) is 2.84. The van der Waals surface area contributed by atoms with Crippen molar-refractivity contribution in [1.82, 2.24) is 0 Å². The topological polar surface area (TPSA) is 85.9 Å². The fourth-order valence-corrected chi connectivity index (χ4v) is 3.16. The molecule has 0 fully saturated rings. The minimum atomic E-state index is -0.357. The van der Waals surface area contributed by atoms with Crippen LogP contribution in [0.3, 0.4) is 0 Å². The lowest BCUT2D eigenvalue weighted by atomic mass is 10.0. The molecule has 0 aliphatic carbocycles. The molecule has 0 spiro atoms. The highest BCUT2D eigenvalue weighted by atomic mass is 16.5. The van der Waals surface area contributed by atoms with Crippen molar-refractivity contribution in [2.75, 3.05) is 31.5 Å². The molecule has 0 saturated carbocycles. The number of methoxy groups -OCH3 is 2. The van der Waals surface area contributed by atoms with E-state index < -0.39 is 0 Å². The number of ether oxygens (including phenoxy) is 3. The van der Waals surface area contributed by atoms with Crippen molar-refractivity contribution in [3.8, 4) is 17.2 Å². The highest BCUT2D eigenvalue weighted by Crippen LogP contribution is 2.36. The van der Waals surface area contributed by atoms with Gasteiger partial charge in [-0.25, -0.2) is 0 Å². The normalized spacial score (nSPS) is 10.5. The van der Waals surface area contributed by atoms with Gasteiger partial charge < -0.3 is 24.8 Å². The minimum Gasteiger partial charge on any atom is -0.494 e. The molecule has 3 rings (SSSR count). The second kappa shape index (κ2) is 11.0. The zero-order valence-corrected chi connectivity index (χ0v) is 19.2. The van der Waals surface area contributed by atoms with Gasteiger partial charge in [0.25, 0.3) is 11.8 Å². The molecule has 0 atom stereocenters. The van der Waals surface area contributed by atoms with Gasteiger partial charge >= 0.3 is 0 Å². The van der Waals surface area contributed by atoms with Crippen LogP contribution in [0, 0.1) is 0 Å². The number of nitrogens with one attached hydrogen (secondary N) is 2. The van der Waals surface area contributed by atoms with E-state index in [-0.39, 0.29) is 18.4 Å². The molecule has 0 aromatic heterocycles. The van der Waals surface area contributed by atoms with Crippen LogP contribution in [0.15, 0.2) is 66.7 Å². The first-order valence-corrected chi connectivity index (χ1v) is 10.6. The molecule has 2 N–H and O–H groups in total. The first-order valence-electron chi connectivity index (χ1n) is 10.6. The molecule has 0 heterocycles. The van der Waals surface area contributed by atoms with Crippen molar-refractivity contribution in [3.05, 3.63) is 77.9 Å². The van der Waals surface area contributed by atoms with Gasteiger partial charge in [-0.3, -0.25) is 9.59 Å². The van der Waals surface area contributed by atoms with Crippen LogP contribution in [0.25, 0.3) is 0 Å². The number of carbonyl (C=O) groups is 2. The van der Waals surface area contributed by atoms with Crippen LogP contribution < -0.4 is 24.8 Å². The minimum absolute atomic E-state index is 0.168. The number of rotatable bonds is 9. The summed E-state index contributed by atoms with van der Waals surface area (Å²) < 4.78 is 16.4. The Balaban J connectivity index is 1.69. The van der Waals surface area contributed by atoms with Crippen LogP contribution in [0.2, 0.25) is 0 Å². The summed E-state index contributed by atoms with van der Waals surface area (Å²) in [7, 11) is 2.96. The van der Waals surface area contributed by atoms with E-state index in [9.17, 15) is 9.59 Å². The van der Waals surface area contributed by atoms with E-state index in [1.54, 1.807) is 36.4 Å². The van der Waals surface area contributed by atoms with E-state index in [2.05, 4.69) is 24.5 Å². The third kappa shape index (κ3) is 6.26. The molecule has 7 heteroatoms. The van der Waals surface area contributed by atoms with Crippen LogP contribution in [0.1, 0.15) is 35.7 Å². The van der Waals surface area contributed by atoms with Gasteiger partial charge in [0.05, 0.1) is 25.6 Å². The lowest BCUT2D eigenvalue weighted by molar-refractivity contribution is -0.118. The predicted octanol–water partition coefficient (Wildman–Crippen LogP) is 5.10. The summed E-state index contributed by atoms with van der Waals surface area (Å²) in [6.07, 6.45) is 0. The molecule has 2 amide bonds. The number of hydrogen-bond acceptors (Lipinski definition) is 5. The zero-order valence-electron chi connectivity index (χ0n) is 19.2. The number of hydrogen-bond donors (Lipinski definition) is 2. The van der Waals surface area contributed by atoms with Crippen LogP contribution in [0.5, 0.6) is 17.2 Å². The number of benzene rings is 3. The van der Waals surface area contributed by atoms with Crippen molar-refractivity contribution in [2.45, 2.75) is 19.8 Å². The predicted molar refractivity (Wildman–Crippen MR) is 129 cm³/mol. The summed E-state index contributed by atoms with van der Waals surface area (Å²) in [5.41, 5.74) is 2.52. The Morgan fingerprint density at radius 3 is 1.94 bits per heavy atom. The lowest BCUT2D eigenvalue weighted by Gasteiger charge is -2.16. The summed E-state index contributed by atoms with van der Waals surface area (Å²) in [6.45, 7) is 4.06. The Hall–Kier alpha value is -4.00. The van der Waals surface area contributed by atoms with Crippen LogP contribution in [0.4, 0.5) is 11.4 Å². The third-order valence-corrected chi connectivity index (χ3v) is 5.00. The Morgan fingerprint density at radius 2 is 1.39 bits per heavy atom. The molecule has 0 aliphatic heterocycles. The number of anilines is 2. The quantitative estimate of drug-likeness (QED) is 0.476. The first kappa shape index (κ1) is 23.7. The first-order chi connectivity index (χ1) is 15.9. The fraction of sp³-hybridized carbons (Fsp3) is 0.231. The molecule has 7 nitrogen and oxygen atoms in total. The van der Waals surface area contributed by atoms with Crippen LogP contribution in [-0.2, 0) is 4.79 Å². The Kier molecular flexibility index (Phi) is 7.91. The van der Waals surface area contributed by atoms with Gasteiger partial charge in [0, 0.05) is 17.7 Å². The second-order valence-electron chi connectivity index (χ2n) is 7.63. The molecule has 33 heavy (non-hydrogen) atoms. The van der Waals surface area contributed by atoms with Gasteiger partial charge in [0.15, 0.2) is 6.61 Å². The van der Waals surface area contributed by atoms with Gasteiger partial charge in [0.1, 0.15) is 17.2 Å². The molecule has 3 aromatic rings. The Bertz CT molecular complexity index is 1100. The summed E-state index contributed by atoms with van der Waals surface area (Å²) in [6, 6.07) is 19.7. The van der Waals surface area contributed by atoms with Crippen molar-refractivity contribution < 1.29 is 23.8 Å².